The Kier molecular flexibility index (Phi) is 5.86. The van der Waals surface area contributed by atoms with Crippen molar-refractivity contribution in [1.82, 2.24) is 5.32 Å². The Morgan fingerprint density at radius 3 is 3.07 bits per heavy atom. The monoisotopic (exact) mass is 207 g/mol. The summed E-state index contributed by atoms with van der Waals surface area (Å²) in [6.07, 6.45) is 8.21. The Morgan fingerprint density at radius 2 is 2.47 bits per heavy atom. The van der Waals surface area contributed by atoms with E-state index >= 15 is 0 Å². The summed E-state index contributed by atoms with van der Waals surface area (Å²) < 4.78 is 5.44. The van der Waals surface area contributed by atoms with Gasteiger partial charge in [0.05, 0.1) is 12.3 Å². The molecule has 0 amide bonds. The molecular weight excluding hydrogens is 186 g/mol. The quantitative estimate of drug-likeness (QED) is 0.519. The van der Waals surface area contributed by atoms with Crippen molar-refractivity contribution >= 4 is 0 Å². The highest BCUT2D eigenvalue weighted by molar-refractivity contribution is 5.04. The molecule has 0 radical (unpaired) electrons. The van der Waals surface area contributed by atoms with Crippen LogP contribution >= 0.6 is 0 Å². The molecule has 0 fully saturated rings. The topological polar surface area (TPSA) is 25.2 Å². The lowest BCUT2D eigenvalue weighted by molar-refractivity contribution is 0.390. The maximum atomic E-state index is 5.44. The average molecular weight is 207 g/mol. The Labute approximate surface area is 92.4 Å². The van der Waals surface area contributed by atoms with Crippen molar-refractivity contribution in [3.63, 3.8) is 0 Å². The zero-order valence-electron chi connectivity index (χ0n) is 9.54. The van der Waals surface area contributed by atoms with Gasteiger partial charge in [0.1, 0.15) is 5.76 Å². The molecule has 1 N–H and O–H groups in total. The van der Waals surface area contributed by atoms with E-state index in [-0.39, 0.29) is 0 Å². The van der Waals surface area contributed by atoms with Gasteiger partial charge in [0, 0.05) is 0 Å². The van der Waals surface area contributed by atoms with Crippen molar-refractivity contribution in [1.29, 1.82) is 0 Å². The minimum absolute atomic E-state index is 0.361. The first-order chi connectivity index (χ1) is 7.38. The summed E-state index contributed by atoms with van der Waals surface area (Å²) >= 11 is 0. The largest absolute Gasteiger partial charge is 0.468 e. The highest BCUT2D eigenvalue weighted by atomic mass is 16.3. The molecule has 0 aliphatic rings. The van der Waals surface area contributed by atoms with E-state index in [0.717, 1.165) is 38.0 Å². The van der Waals surface area contributed by atoms with Gasteiger partial charge >= 0.3 is 0 Å². The molecule has 15 heavy (non-hydrogen) atoms. The molecule has 1 unspecified atom stereocenters. The van der Waals surface area contributed by atoms with Gasteiger partial charge in [-0.1, -0.05) is 13.0 Å². The molecule has 0 bridgehead atoms. The zero-order chi connectivity index (χ0) is 10.9. The fourth-order valence-electron chi connectivity index (χ4n) is 1.62. The van der Waals surface area contributed by atoms with E-state index in [4.69, 9.17) is 4.42 Å². The summed E-state index contributed by atoms with van der Waals surface area (Å²) in [5.74, 6) is 1.05. The van der Waals surface area contributed by atoms with E-state index < -0.39 is 0 Å². The van der Waals surface area contributed by atoms with Crippen molar-refractivity contribution in [2.24, 2.45) is 0 Å². The third-order valence-corrected chi connectivity index (χ3v) is 2.43. The summed E-state index contributed by atoms with van der Waals surface area (Å²) in [4.78, 5) is 0. The maximum absolute atomic E-state index is 5.44. The third kappa shape index (κ3) is 4.34. The average Bonchev–Trinajstić information content (AvgIpc) is 2.76. The molecule has 0 aliphatic carbocycles. The summed E-state index contributed by atoms with van der Waals surface area (Å²) in [5.41, 5.74) is 0. The molecule has 1 rings (SSSR count). The lowest BCUT2D eigenvalue weighted by atomic mass is 10.1. The summed E-state index contributed by atoms with van der Waals surface area (Å²) in [6, 6.07) is 4.35. The summed E-state index contributed by atoms with van der Waals surface area (Å²) in [6.45, 7) is 6.96. The van der Waals surface area contributed by atoms with Gasteiger partial charge in [0.25, 0.3) is 0 Å². The molecule has 0 aromatic carbocycles. The van der Waals surface area contributed by atoms with E-state index in [1.54, 1.807) is 6.26 Å². The maximum Gasteiger partial charge on any atom is 0.120 e. The highest BCUT2D eigenvalue weighted by Gasteiger charge is 2.11. The zero-order valence-corrected chi connectivity index (χ0v) is 9.54. The molecule has 1 heterocycles. The molecule has 0 spiro atoms. The molecule has 84 valence electrons. The van der Waals surface area contributed by atoms with E-state index in [1.165, 1.54) is 0 Å². The second-order valence-electron chi connectivity index (χ2n) is 3.74. The number of hydrogen-bond donors (Lipinski definition) is 1. The van der Waals surface area contributed by atoms with Crippen LogP contribution in [0.3, 0.4) is 0 Å². The molecule has 1 atom stereocenters. The molecule has 1 aromatic rings. The number of unbranched alkanes of at least 4 members (excludes halogenated alkanes) is 1. The van der Waals surface area contributed by atoms with Crippen molar-refractivity contribution in [3.05, 3.63) is 36.8 Å². The van der Waals surface area contributed by atoms with Crippen LogP contribution in [0.25, 0.3) is 0 Å². The van der Waals surface area contributed by atoms with Crippen LogP contribution < -0.4 is 5.32 Å². The third-order valence-electron chi connectivity index (χ3n) is 2.43. The van der Waals surface area contributed by atoms with Crippen LogP contribution in [0, 0.1) is 0 Å². The van der Waals surface area contributed by atoms with Gasteiger partial charge < -0.3 is 9.73 Å². The van der Waals surface area contributed by atoms with E-state index in [9.17, 15) is 0 Å². The van der Waals surface area contributed by atoms with E-state index in [2.05, 4.69) is 18.8 Å². The van der Waals surface area contributed by atoms with Crippen LogP contribution in [0.4, 0.5) is 0 Å². The van der Waals surface area contributed by atoms with E-state index in [0.29, 0.717) is 6.04 Å². The number of rotatable bonds is 8. The van der Waals surface area contributed by atoms with Crippen LogP contribution in [0.1, 0.15) is 44.4 Å². The lowest BCUT2D eigenvalue weighted by Crippen LogP contribution is -2.21. The summed E-state index contributed by atoms with van der Waals surface area (Å²) in [7, 11) is 0. The second-order valence-corrected chi connectivity index (χ2v) is 3.74. The first-order valence-electron chi connectivity index (χ1n) is 5.76. The first kappa shape index (κ1) is 12.1. The van der Waals surface area contributed by atoms with Crippen molar-refractivity contribution < 1.29 is 4.42 Å². The second kappa shape index (κ2) is 7.30. The van der Waals surface area contributed by atoms with Crippen LogP contribution in [-0.4, -0.2) is 6.54 Å². The van der Waals surface area contributed by atoms with Gasteiger partial charge in [0.2, 0.25) is 0 Å². The Hall–Kier alpha value is -1.02. The van der Waals surface area contributed by atoms with Gasteiger partial charge in [-0.05, 0) is 44.4 Å². The van der Waals surface area contributed by atoms with Gasteiger partial charge in [-0.25, -0.2) is 0 Å². The first-order valence-corrected chi connectivity index (χ1v) is 5.76. The number of hydrogen-bond acceptors (Lipinski definition) is 2. The lowest BCUT2D eigenvalue weighted by Gasteiger charge is -2.15. The Balaban J connectivity index is 2.42. The molecule has 1 aromatic heterocycles. The van der Waals surface area contributed by atoms with Gasteiger partial charge in [-0.3, -0.25) is 0 Å². The number of allylic oxidation sites excluding steroid dienone is 1. The van der Waals surface area contributed by atoms with Crippen LogP contribution in [0.15, 0.2) is 35.5 Å². The smallest absolute Gasteiger partial charge is 0.120 e. The normalized spacial score (nSPS) is 12.6. The van der Waals surface area contributed by atoms with Gasteiger partial charge in [0.15, 0.2) is 0 Å². The molecule has 0 saturated heterocycles. The van der Waals surface area contributed by atoms with E-state index in [1.807, 2.05) is 18.2 Å². The minimum atomic E-state index is 0.361. The van der Waals surface area contributed by atoms with Crippen LogP contribution in [-0.2, 0) is 0 Å². The molecule has 0 saturated carbocycles. The van der Waals surface area contributed by atoms with Gasteiger partial charge in [-0.15, -0.1) is 6.58 Å². The standard InChI is InChI=1S/C13H21NO/c1-3-5-6-8-12(14-10-4-2)13-9-7-11-15-13/h3,7,9,11-12,14H,1,4-6,8,10H2,2H3. The SMILES string of the molecule is C=CCCCC(NCCC)c1ccco1. The van der Waals surface area contributed by atoms with Crippen molar-refractivity contribution in [2.75, 3.05) is 6.54 Å². The number of furan rings is 1. The molecular formula is C13H21NO. The molecule has 2 nitrogen and oxygen atoms in total. The van der Waals surface area contributed by atoms with Crippen LogP contribution in [0.5, 0.6) is 0 Å². The molecule has 2 heteroatoms. The predicted molar refractivity (Wildman–Crippen MR) is 63.8 cm³/mol. The molecule has 0 aliphatic heterocycles. The highest BCUT2D eigenvalue weighted by Crippen LogP contribution is 2.19. The fraction of sp³-hybridized carbons (Fsp3) is 0.538. The van der Waals surface area contributed by atoms with Crippen molar-refractivity contribution in [3.8, 4) is 0 Å². The summed E-state index contributed by atoms with van der Waals surface area (Å²) in [5, 5.41) is 3.50. The minimum Gasteiger partial charge on any atom is -0.468 e. The predicted octanol–water partition coefficient (Wildman–Crippen LogP) is 3.68. The van der Waals surface area contributed by atoms with Gasteiger partial charge in [-0.2, -0.15) is 0 Å². The fourth-order valence-corrected chi connectivity index (χ4v) is 1.62. The Bertz CT molecular complexity index is 254. The van der Waals surface area contributed by atoms with Crippen molar-refractivity contribution in [2.45, 2.75) is 38.6 Å². The van der Waals surface area contributed by atoms with Crippen LogP contribution in [0.2, 0.25) is 0 Å². The Morgan fingerprint density at radius 1 is 1.60 bits per heavy atom. The number of nitrogens with one attached hydrogen (secondary N) is 1.